The lowest BCUT2D eigenvalue weighted by atomic mass is 9.42. The van der Waals surface area contributed by atoms with Crippen molar-refractivity contribution in [3.63, 3.8) is 0 Å². The molecule has 5 aliphatic rings. The van der Waals surface area contributed by atoms with Crippen molar-refractivity contribution >= 4 is 5.78 Å². The SMILES string of the molecule is C[C@]12CC[C@@H](C=CC3CNC3)CC1[C@@H](CO)[C@@H](O)[C@@H]1[C@@H]2CC[C@]2(C)C(=O)CC[C@@H]12. The first-order valence-electron chi connectivity index (χ1n) is 12.1. The largest absolute Gasteiger partial charge is 0.396 e. The Morgan fingerprint density at radius 1 is 1.03 bits per heavy atom. The van der Waals surface area contributed by atoms with Gasteiger partial charge >= 0.3 is 0 Å². The third-order valence-corrected chi connectivity index (χ3v) is 10.4. The zero-order chi connectivity index (χ0) is 20.4. The smallest absolute Gasteiger partial charge is 0.139 e. The molecule has 162 valence electrons. The van der Waals surface area contributed by atoms with Crippen LogP contribution in [-0.4, -0.2) is 41.8 Å². The van der Waals surface area contributed by atoms with Crippen molar-refractivity contribution in [3.05, 3.63) is 12.2 Å². The summed E-state index contributed by atoms with van der Waals surface area (Å²) >= 11 is 0. The van der Waals surface area contributed by atoms with Crippen LogP contribution in [0, 0.1) is 52.3 Å². The average Bonchev–Trinajstić information content (AvgIpc) is 2.97. The highest BCUT2D eigenvalue weighted by Gasteiger charge is 2.64. The Morgan fingerprint density at radius 2 is 1.79 bits per heavy atom. The van der Waals surface area contributed by atoms with Crippen LogP contribution in [0.3, 0.4) is 0 Å². The lowest BCUT2D eigenvalue weighted by Crippen LogP contribution is -2.62. The second-order valence-corrected chi connectivity index (χ2v) is 11.5. The van der Waals surface area contributed by atoms with Crippen molar-refractivity contribution in [2.24, 2.45) is 52.3 Å². The fourth-order valence-electron chi connectivity index (χ4n) is 8.43. The number of hydrogen-bond acceptors (Lipinski definition) is 4. The van der Waals surface area contributed by atoms with Gasteiger partial charge in [-0.15, -0.1) is 0 Å². The minimum atomic E-state index is -0.461. The van der Waals surface area contributed by atoms with Crippen molar-refractivity contribution in [3.8, 4) is 0 Å². The van der Waals surface area contributed by atoms with E-state index in [0.29, 0.717) is 41.8 Å². The number of fused-ring (bicyclic) bond motifs is 5. The molecule has 1 aliphatic heterocycles. The maximum atomic E-state index is 12.7. The summed E-state index contributed by atoms with van der Waals surface area (Å²) in [6, 6.07) is 0. The Bertz CT molecular complexity index is 688. The molecule has 5 rings (SSSR count). The summed E-state index contributed by atoms with van der Waals surface area (Å²) in [5, 5.41) is 25.2. The minimum absolute atomic E-state index is 0.0409. The topological polar surface area (TPSA) is 69.6 Å². The van der Waals surface area contributed by atoms with Gasteiger partial charge in [0.05, 0.1) is 6.10 Å². The third-order valence-electron chi connectivity index (χ3n) is 10.4. The maximum absolute atomic E-state index is 12.7. The number of carbonyl (C=O) groups excluding carboxylic acids is 1. The van der Waals surface area contributed by atoms with E-state index in [4.69, 9.17) is 0 Å². The monoisotopic (exact) mass is 401 g/mol. The van der Waals surface area contributed by atoms with E-state index in [0.717, 1.165) is 38.8 Å². The van der Waals surface area contributed by atoms with Crippen molar-refractivity contribution in [2.75, 3.05) is 19.7 Å². The highest BCUT2D eigenvalue weighted by molar-refractivity contribution is 5.87. The van der Waals surface area contributed by atoms with Gasteiger partial charge in [0.15, 0.2) is 0 Å². The van der Waals surface area contributed by atoms with Crippen molar-refractivity contribution in [1.82, 2.24) is 5.32 Å². The van der Waals surface area contributed by atoms with Crippen LogP contribution < -0.4 is 5.32 Å². The molecule has 4 nitrogen and oxygen atoms in total. The summed E-state index contributed by atoms with van der Waals surface area (Å²) in [5.74, 6) is 3.01. The molecular weight excluding hydrogens is 362 g/mol. The summed E-state index contributed by atoms with van der Waals surface area (Å²) in [6.45, 7) is 6.90. The van der Waals surface area contributed by atoms with Crippen molar-refractivity contribution in [2.45, 2.75) is 64.9 Å². The lowest BCUT2D eigenvalue weighted by Gasteiger charge is -2.63. The molecule has 0 aromatic heterocycles. The van der Waals surface area contributed by atoms with Crippen LogP contribution in [-0.2, 0) is 4.79 Å². The molecule has 0 bridgehead atoms. The second-order valence-electron chi connectivity index (χ2n) is 11.5. The Kier molecular flexibility index (Phi) is 5.00. The Hall–Kier alpha value is -0.710. The highest BCUT2D eigenvalue weighted by atomic mass is 16.3. The molecule has 4 heteroatoms. The predicted molar refractivity (Wildman–Crippen MR) is 113 cm³/mol. The van der Waals surface area contributed by atoms with Gasteiger partial charge in [0, 0.05) is 43.4 Å². The fraction of sp³-hybridized carbons (Fsp3) is 0.880. The summed E-state index contributed by atoms with van der Waals surface area (Å²) in [7, 11) is 0. The molecule has 0 radical (unpaired) electrons. The molecule has 1 heterocycles. The fourth-order valence-corrected chi connectivity index (χ4v) is 8.43. The molecule has 4 aliphatic carbocycles. The quantitative estimate of drug-likeness (QED) is 0.635. The molecule has 9 atom stereocenters. The van der Waals surface area contributed by atoms with Gasteiger partial charge in [-0.25, -0.2) is 0 Å². The number of aliphatic hydroxyl groups is 2. The van der Waals surface area contributed by atoms with Crippen LogP contribution in [0.5, 0.6) is 0 Å². The molecule has 0 amide bonds. The normalized spacial score (nSPS) is 52.7. The minimum Gasteiger partial charge on any atom is -0.396 e. The first-order valence-corrected chi connectivity index (χ1v) is 12.1. The van der Waals surface area contributed by atoms with E-state index >= 15 is 0 Å². The van der Waals surface area contributed by atoms with E-state index in [1.54, 1.807) is 0 Å². The van der Waals surface area contributed by atoms with Crippen LogP contribution in [0.1, 0.15) is 58.8 Å². The highest BCUT2D eigenvalue weighted by Crippen LogP contribution is 2.67. The van der Waals surface area contributed by atoms with E-state index < -0.39 is 6.10 Å². The Labute approximate surface area is 175 Å². The molecule has 0 aromatic carbocycles. The summed E-state index contributed by atoms with van der Waals surface area (Å²) in [5.41, 5.74) is -0.0469. The van der Waals surface area contributed by atoms with E-state index in [2.05, 4.69) is 31.3 Å². The summed E-state index contributed by atoms with van der Waals surface area (Å²) < 4.78 is 0. The zero-order valence-electron chi connectivity index (χ0n) is 18.1. The zero-order valence-corrected chi connectivity index (χ0v) is 18.1. The number of nitrogens with one attached hydrogen (secondary N) is 1. The molecule has 3 N–H and O–H groups in total. The number of rotatable bonds is 3. The van der Waals surface area contributed by atoms with Crippen LogP contribution in [0.4, 0.5) is 0 Å². The average molecular weight is 402 g/mol. The summed E-state index contributed by atoms with van der Waals surface area (Å²) in [4.78, 5) is 12.7. The number of ketones is 1. The van der Waals surface area contributed by atoms with Gasteiger partial charge in [-0.05, 0) is 73.5 Å². The lowest BCUT2D eigenvalue weighted by molar-refractivity contribution is -0.199. The number of carbonyl (C=O) groups is 1. The van der Waals surface area contributed by atoms with E-state index in [9.17, 15) is 15.0 Å². The van der Waals surface area contributed by atoms with Gasteiger partial charge in [0.1, 0.15) is 5.78 Å². The first-order chi connectivity index (χ1) is 13.9. The van der Waals surface area contributed by atoms with Gasteiger partial charge in [0.2, 0.25) is 0 Å². The van der Waals surface area contributed by atoms with Gasteiger partial charge in [0.25, 0.3) is 0 Å². The van der Waals surface area contributed by atoms with E-state index in [1.807, 2.05) is 0 Å². The number of Topliss-reactive ketones (excluding diaryl/α,β-unsaturated/α-hetero) is 1. The molecule has 1 saturated heterocycles. The Balaban J connectivity index is 1.42. The first kappa shape index (κ1) is 20.2. The van der Waals surface area contributed by atoms with Gasteiger partial charge in [-0.1, -0.05) is 26.0 Å². The van der Waals surface area contributed by atoms with Crippen LogP contribution in [0.2, 0.25) is 0 Å². The number of aliphatic hydroxyl groups excluding tert-OH is 2. The van der Waals surface area contributed by atoms with Crippen LogP contribution in [0.15, 0.2) is 12.2 Å². The molecule has 0 spiro atoms. The maximum Gasteiger partial charge on any atom is 0.139 e. The predicted octanol–water partition coefficient (Wildman–Crippen LogP) is 3.18. The van der Waals surface area contributed by atoms with Crippen LogP contribution >= 0.6 is 0 Å². The molecule has 5 fully saturated rings. The molecule has 1 unspecified atom stereocenters. The van der Waals surface area contributed by atoms with Gasteiger partial charge in [-0.3, -0.25) is 4.79 Å². The number of hydrogen-bond donors (Lipinski definition) is 3. The number of allylic oxidation sites excluding steroid dienone is 1. The Morgan fingerprint density at radius 3 is 2.48 bits per heavy atom. The molecule has 0 aromatic rings. The standard InChI is InChI=1S/C25H39NO3/c1-24-9-7-15(3-4-16-12-26-13-16)11-20(24)17(14-27)23(29)22-18-5-6-21(28)25(18,2)10-8-19(22)24/h3-4,15-20,22-23,26-27,29H,5-14H2,1-2H3/t15-,17-,18+,19+,20?,22+,23-,24-,25+/m1/s1. The summed E-state index contributed by atoms with van der Waals surface area (Å²) in [6.07, 6.45) is 11.6. The van der Waals surface area contributed by atoms with Gasteiger partial charge in [-0.2, -0.15) is 0 Å². The third kappa shape index (κ3) is 2.92. The van der Waals surface area contributed by atoms with Gasteiger partial charge < -0.3 is 15.5 Å². The molecular formula is C25H39NO3. The van der Waals surface area contributed by atoms with Crippen molar-refractivity contribution < 1.29 is 15.0 Å². The molecule has 4 saturated carbocycles. The molecule has 29 heavy (non-hydrogen) atoms. The van der Waals surface area contributed by atoms with E-state index in [-0.39, 0.29) is 29.3 Å². The van der Waals surface area contributed by atoms with Crippen molar-refractivity contribution in [1.29, 1.82) is 0 Å². The van der Waals surface area contributed by atoms with Crippen LogP contribution in [0.25, 0.3) is 0 Å². The van der Waals surface area contributed by atoms with E-state index in [1.165, 1.54) is 12.8 Å². The second kappa shape index (κ2) is 7.17.